The van der Waals surface area contributed by atoms with Gasteiger partial charge in [-0.15, -0.1) is 0 Å². The number of aliphatic hydroxyl groups excluding tert-OH is 1. The summed E-state index contributed by atoms with van der Waals surface area (Å²) >= 11 is 0. The lowest BCUT2D eigenvalue weighted by molar-refractivity contribution is -0.104. The molecule has 0 saturated carbocycles. The maximum atomic E-state index is 10.5. The van der Waals surface area contributed by atoms with E-state index in [1.807, 2.05) is 0 Å². The molecule has 0 saturated heterocycles. The molecule has 2 aromatic rings. The maximum Gasteiger partial charge on any atom is 0.165 e. The van der Waals surface area contributed by atoms with Crippen LogP contribution in [-0.4, -0.2) is 35.3 Å². The summed E-state index contributed by atoms with van der Waals surface area (Å²) in [6, 6.07) is 8.08. The fraction of sp³-hybridized carbons (Fsp3) is 0.211. The van der Waals surface area contributed by atoms with E-state index in [1.165, 1.54) is 25.3 Å². The third kappa shape index (κ3) is 3.04. The Kier molecular flexibility index (Phi) is 4.63. The van der Waals surface area contributed by atoms with E-state index in [1.54, 1.807) is 24.3 Å². The van der Waals surface area contributed by atoms with Crippen LogP contribution >= 0.6 is 0 Å². The van der Waals surface area contributed by atoms with E-state index in [0.717, 1.165) is 0 Å². The average Bonchev–Trinajstić information content (AvgIpc) is 2.99. The molecule has 0 amide bonds. The summed E-state index contributed by atoms with van der Waals surface area (Å²) in [6.07, 6.45) is 3.01. The topological polar surface area (TPSA) is 96.2 Å². The van der Waals surface area contributed by atoms with Gasteiger partial charge in [0.15, 0.2) is 23.0 Å². The highest BCUT2D eigenvalue weighted by Gasteiger charge is 2.37. The highest BCUT2D eigenvalue weighted by atomic mass is 16.5. The van der Waals surface area contributed by atoms with E-state index in [-0.39, 0.29) is 18.1 Å². The summed E-state index contributed by atoms with van der Waals surface area (Å²) in [5.41, 5.74) is 1.99. The van der Waals surface area contributed by atoms with Crippen LogP contribution < -0.4 is 9.47 Å². The number of hydrogen-bond acceptors (Lipinski definition) is 6. The Balaban J connectivity index is 2.03. The number of carbonyl (C=O) groups excluding carboxylic acids is 1. The van der Waals surface area contributed by atoms with Gasteiger partial charge in [0.1, 0.15) is 12.4 Å². The predicted molar refractivity (Wildman–Crippen MR) is 91.1 cm³/mol. The van der Waals surface area contributed by atoms with Gasteiger partial charge in [-0.05, 0) is 41.5 Å². The van der Waals surface area contributed by atoms with Crippen molar-refractivity contribution in [3.63, 3.8) is 0 Å². The van der Waals surface area contributed by atoms with Crippen molar-refractivity contribution in [3.05, 3.63) is 53.1 Å². The monoisotopic (exact) mass is 342 g/mol. The van der Waals surface area contributed by atoms with Gasteiger partial charge in [-0.1, -0.05) is 12.1 Å². The van der Waals surface area contributed by atoms with Gasteiger partial charge in [-0.3, -0.25) is 4.79 Å². The number of hydrogen-bond donors (Lipinski definition) is 3. The van der Waals surface area contributed by atoms with E-state index in [9.17, 15) is 20.1 Å². The second-order valence-corrected chi connectivity index (χ2v) is 5.71. The van der Waals surface area contributed by atoms with Crippen LogP contribution in [0.15, 0.2) is 36.4 Å². The van der Waals surface area contributed by atoms with Crippen molar-refractivity contribution >= 4 is 12.4 Å². The molecule has 2 aromatic carbocycles. The Morgan fingerprint density at radius 2 is 2.00 bits per heavy atom. The van der Waals surface area contributed by atoms with Gasteiger partial charge in [0.05, 0.1) is 19.6 Å². The number of phenolic OH excluding ortho intramolecular Hbond substituents is 2. The molecule has 0 bridgehead atoms. The van der Waals surface area contributed by atoms with Crippen LogP contribution in [0.25, 0.3) is 6.08 Å². The summed E-state index contributed by atoms with van der Waals surface area (Å²) in [5.74, 6) is 0.146. The number of ether oxygens (including phenoxy) is 2. The maximum absolute atomic E-state index is 10.5. The number of fused-ring (bicyclic) bond motifs is 1. The molecule has 6 nitrogen and oxygen atoms in total. The van der Waals surface area contributed by atoms with E-state index >= 15 is 0 Å². The number of aliphatic hydroxyl groups is 1. The van der Waals surface area contributed by atoms with Gasteiger partial charge in [0, 0.05) is 5.56 Å². The minimum atomic E-state index is -0.536. The third-order valence-corrected chi connectivity index (χ3v) is 4.23. The number of aromatic hydroxyl groups is 2. The molecule has 0 radical (unpaired) electrons. The summed E-state index contributed by atoms with van der Waals surface area (Å²) in [7, 11) is 1.45. The molecule has 0 aliphatic carbocycles. The first-order chi connectivity index (χ1) is 12.1. The van der Waals surface area contributed by atoms with Crippen LogP contribution in [0.2, 0.25) is 0 Å². The summed E-state index contributed by atoms with van der Waals surface area (Å²) in [4.78, 5) is 10.5. The van der Waals surface area contributed by atoms with Crippen LogP contribution in [0, 0.1) is 0 Å². The van der Waals surface area contributed by atoms with Crippen molar-refractivity contribution in [2.24, 2.45) is 0 Å². The molecule has 2 atom stereocenters. The molecule has 0 aromatic heterocycles. The van der Waals surface area contributed by atoms with Crippen molar-refractivity contribution in [2.45, 2.75) is 12.0 Å². The van der Waals surface area contributed by atoms with E-state index in [4.69, 9.17) is 9.47 Å². The number of benzene rings is 2. The molecule has 130 valence electrons. The van der Waals surface area contributed by atoms with Crippen LogP contribution in [0.3, 0.4) is 0 Å². The molecule has 6 heteroatoms. The zero-order chi connectivity index (χ0) is 18.0. The predicted octanol–water partition coefficient (Wildman–Crippen LogP) is 2.53. The number of methoxy groups -OCH3 is 1. The molecule has 0 fully saturated rings. The molecule has 2 unspecified atom stereocenters. The molecule has 25 heavy (non-hydrogen) atoms. The molecule has 1 aliphatic rings. The smallest absolute Gasteiger partial charge is 0.165 e. The van der Waals surface area contributed by atoms with Gasteiger partial charge in [0.25, 0.3) is 0 Å². The number of aldehydes is 1. The first kappa shape index (κ1) is 16.9. The first-order valence-corrected chi connectivity index (χ1v) is 7.72. The van der Waals surface area contributed by atoms with Crippen molar-refractivity contribution in [1.82, 2.24) is 0 Å². The molecule has 3 N–H and O–H groups in total. The Morgan fingerprint density at radius 1 is 1.20 bits per heavy atom. The minimum Gasteiger partial charge on any atom is -0.504 e. The SMILES string of the molecule is COc1cc(C2Oc3c(O)cc(C=CC=O)cc3C2CO)ccc1O. The molecule has 1 aliphatic heterocycles. The number of carbonyl (C=O) groups is 1. The van der Waals surface area contributed by atoms with Crippen LogP contribution in [0.4, 0.5) is 0 Å². The normalized spacial score (nSPS) is 18.8. The lowest BCUT2D eigenvalue weighted by Crippen LogP contribution is -2.13. The number of phenols is 2. The minimum absolute atomic E-state index is 0.00597. The molecular weight excluding hydrogens is 324 g/mol. The van der Waals surface area contributed by atoms with Crippen molar-refractivity contribution in [1.29, 1.82) is 0 Å². The van der Waals surface area contributed by atoms with Gasteiger partial charge >= 0.3 is 0 Å². The Labute approximate surface area is 144 Å². The second-order valence-electron chi connectivity index (χ2n) is 5.71. The fourth-order valence-electron chi connectivity index (χ4n) is 3.05. The van der Waals surface area contributed by atoms with E-state index < -0.39 is 12.0 Å². The lowest BCUT2D eigenvalue weighted by Gasteiger charge is -2.18. The number of allylic oxidation sites excluding steroid dienone is 1. The zero-order valence-electron chi connectivity index (χ0n) is 13.5. The molecule has 3 rings (SSSR count). The van der Waals surface area contributed by atoms with Gasteiger partial charge in [0.2, 0.25) is 0 Å². The standard InChI is InChI=1S/C19H18O6/c1-24-17-9-12(4-5-15(17)22)18-14(10-21)13-7-11(3-2-6-20)8-16(23)19(13)25-18/h2-9,14,18,21-23H,10H2,1H3. The van der Waals surface area contributed by atoms with E-state index in [2.05, 4.69) is 0 Å². The zero-order valence-corrected chi connectivity index (χ0v) is 13.5. The Bertz CT molecular complexity index is 827. The fourth-order valence-corrected chi connectivity index (χ4v) is 3.05. The molecular formula is C19H18O6. The van der Waals surface area contributed by atoms with Crippen molar-refractivity contribution in [2.75, 3.05) is 13.7 Å². The van der Waals surface area contributed by atoms with E-state index in [0.29, 0.717) is 34.5 Å². The van der Waals surface area contributed by atoms with Gasteiger partial charge in [-0.2, -0.15) is 0 Å². The van der Waals surface area contributed by atoms with Crippen LogP contribution in [0.5, 0.6) is 23.0 Å². The quantitative estimate of drug-likeness (QED) is 0.571. The second kappa shape index (κ2) is 6.86. The Morgan fingerprint density at radius 3 is 2.68 bits per heavy atom. The van der Waals surface area contributed by atoms with Crippen molar-refractivity contribution in [3.8, 4) is 23.0 Å². The third-order valence-electron chi connectivity index (χ3n) is 4.23. The average molecular weight is 342 g/mol. The first-order valence-electron chi connectivity index (χ1n) is 7.72. The number of rotatable bonds is 5. The highest BCUT2D eigenvalue weighted by Crippen LogP contribution is 2.51. The Hall–Kier alpha value is -2.99. The summed E-state index contributed by atoms with van der Waals surface area (Å²) in [6.45, 7) is -0.193. The van der Waals surface area contributed by atoms with Crippen molar-refractivity contribution < 1.29 is 29.6 Å². The summed E-state index contributed by atoms with van der Waals surface area (Å²) < 4.78 is 11.0. The van der Waals surface area contributed by atoms with Gasteiger partial charge in [-0.25, -0.2) is 0 Å². The lowest BCUT2D eigenvalue weighted by atomic mass is 9.90. The highest BCUT2D eigenvalue weighted by molar-refractivity contribution is 5.75. The summed E-state index contributed by atoms with van der Waals surface area (Å²) in [5, 5.41) is 29.9. The van der Waals surface area contributed by atoms with Crippen LogP contribution in [0.1, 0.15) is 28.7 Å². The largest absolute Gasteiger partial charge is 0.504 e. The molecule has 0 spiro atoms. The van der Waals surface area contributed by atoms with Crippen LogP contribution in [-0.2, 0) is 4.79 Å². The molecule has 1 heterocycles. The van der Waals surface area contributed by atoms with Gasteiger partial charge < -0.3 is 24.8 Å².